The van der Waals surface area contributed by atoms with Crippen LogP contribution in [0.15, 0.2) is 0 Å². The molecule has 0 aliphatic heterocycles. The predicted octanol–water partition coefficient (Wildman–Crippen LogP) is 0.710. The zero-order valence-electron chi connectivity index (χ0n) is 6.46. The molecule has 0 fully saturated rings. The van der Waals surface area contributed by atoms with E-state index in [2.05, 4.69) is 0 Å². The van der Waals surface area contributed by atoms with Gasteiger partial charge in [-0.15, -0.1) is 0 Å². The summed E-state index contributed by atoms with van der Waals surface area (Å²) in [7, 11) is 0. The molecule has 0 saturated heterocycles. The molecule has 0 aliphatic carbocycles. The molecule has 0 aromatic rings. The highest BCUT2D eigenvalue weighted by molar-refractivity contribution is 5.69. The van der Waals surface area contributed by atoms with E-state index >= 15 is 0 Å². The Bertz CT molecular complexity index is 101. The Morgan fingerprint density at radius 2 is 2.30 bits per heavy atom. The van der Waals surface area contributed by atoms with Crippen LogP contribution in [0.1, 0.15) is 26.7 Å². The molecule has 0 saturated carbocycles. The first-order valence-electron chi connectivity index (χ1n) is 3.51. The molecule has 3 heteroatoms. The fourth-order valence-electron chi connectivity index (χ4n) is 0.525. The van der Waals surface area contributed by atoms with Gasteiger partial charge in [0.15, 0.2) is 0 Å². The fourth-order valence-corrected chi connectivity index (χ4v) is 0.525. The molecule has 0 aliphatic rings. The summed E-state index contributed by atoms with van der Waals surface area (Å²) in [6, 6.07) is 0. The SMILES string of the molecule is CCCC(=O)OC(C)CO. The third-order valence-corrected chi connectivity index (χ3v) is 1.04. The second-order valence-electron chi connectivity index (χ2n) is 2.23. The average molecular weight is 146 g/mol. The van der Waals surface area contributed by atoms with Gasteiger partial charge in [-0.1, -0.05) is 6.92 Å². The van der Waals surface area contributed by atoms with E-state index < -0.39 is 0 Å². The topological polar surface area (TPSA) is 46.5 Å². The highest BCUT2D eigenvalue weighted by atomic mass is 16.5. The fraction of sp³-hybridized carbons (Fsp3) is 0.857. The Hall–Kier alpha value is -0.570. The van der Waals surface area contributed by atoms with Gasteiger partial charge in [-0.2, -0.15) is 0 Å². The molecule has 1 atom stereocenters. The molecule has 60 valence electrons. The number of hydrogen-bond acceptors (Lipinski definition) is 3. The average Bonchev–Trinajstić information content (AvgIpc) is 1.88. The lowest BCUT2D eigenvalue weighted by molar-refractivity contribution is -0.150. The lowest BCUT2D eigenvalue weighted by Gasteiger charge is -2.08. The largest absolute Gasteiger partial charge is 0.460 e. The second kappa shape index (κ2) is 5.23. The monoisotopic (exact) mass is 146 g/mol. The molecule has 10 heavy (non-hydrogen) atoms. The van der Waals surface area contributed by atoms with Crippen LogP contribution in [-0.2, 0) is 9.53 Å². The van der Waals surface area contributed by atoms with Crippen molar-refractivity contribution >= 4 is 5.97 Å². The van der Waals surface area contributed by atoms with Crippen molar-refractivity contribution in [2.75, 3.05) is 6.61 Å². The molecule has 0 aromatic carbocycles. The number of ether oxygens (including phenoxy) is 1. The van der Waals surface area contributed by atoms with Crippen LogP contribution in [0.3, 0.4) is 0 Å². The minimum absolute atomic E-state index is 0.102. The zero-order chi connectivity index (χ0) is 7.98. The summed E-state index contributed by atoms with van der Waals surface area (Å²) in [5.74, 6) is -0.232. The van der Waals surface area contributed by atoms with Gasteiger partial charge in [0.2, 0.25) is 0 Å². The number of carbonyl (C=O) groups excluding carboxylic acids is 1. The van der Waals surface area contributed by atoms with E-state index in [9.17, 15) is 4.79 Å². The van der Waals surface area contributed by atoms with Gasteiger partial charge in [0.05, 0.1) is 6.61 Å². The zero-order valence-corrected chi connectivity index (χ0v) is 6.46. The van der Waals surface area contributed by atoms with Gasteiger partial charge in [0, 0.05) is 6.42 Å². The highest BCUT2D eigenvalue weighted by Crippen LogP contribution is 1.95. The first-order valence-corrected chi connectivity index (χ1v) is 3.51. The van der Waals surface area contributed by atoms with E-state index in [1.165, 1.54) is 0 Å². The molecule has 1 N–H and O–H groups in total. The van der Waals surface area contributed by atoms with Crippen molar-refractivity contribution in [1.82, 2.24) is 0 Å². The molecular weight excluding hydrogens is 132 g/mol. The van der Waals surface area contributed by atoms with Gasteiger partial charge in [-0.25, -0.2) is 0 Å². The maximum atomic E-state index is 10.7. The second-order valence-corrected chi connectivity index (χ2v) is 2.23. The van der Waals surface area contributed by atoms with Gasteiger partial charge in [-0.05, 0) is 13.3 Å². The van der Waals surface area contributed by atoms with E-state index in [0.717, 1.165) is 6.42 Å². The quantitative estimate of drug-likeness (QED) is 0.594. The van der Waals surface area contributed by atoms with Crippen molar-refractivity contribution in [3.63, 3.8) is 0 Å². The standard InChI is InChI=1S/C7H14O3/c1-3-4-7(9)10-6(2)5-8/h6,8H,3-5H2,1-2H3. The summed E-state index contributed by atoms with van der Waals surface area (Å²) < 4.78 is 4.75. The van der Waals surface area contributed by atoms with Crippen molar-refractivity contribution in [3.8, 4) is 0 Å². The Morgan fingerprint density at radius 3 is 2.70 bits per heavy atom. The van der Waals surface area contributed by atoms with Crippen molar-refractivity contribution in [1.29, 1.82) is 0 Å². The molecular formula is C7H14O3. The summed E-state index contributed by atoms with van der Waals surface area (Å²) in [6.45, 7) is 3.47. The molecule has 1 unspecified atom stereocenters. The molecule has 0 heterocycles. The van der Waals surface area contributed by atoms with E-state index in [0.29, 0.717) is 6.42 Å². The van der Waals surface area contributed by atoms with E-state index in [1.807, 2.05) is 6.92 Å². The number of carbonyl (C=O) groups is 1. The third-order valence-electron chi connectivity index (χ3n) is 1.04. The van der Waals surface area contributed by atoms with E-state index in [1.54, 1.807) is 6.92 Å². The normalized spacial score (nSPS) is 12.7. The van der Waals surface area contributed by atoms with Crippen molar-refractivity contribution in [2.45, 2.75) is 32.8 Å². The number of aliphatic hydroxyl groups excluding tert-OH is 1. The van der Waals surface area contributed by atoms with Crippen LogP contribution in [0.2, 0.25) is 0 Å². The lowest BCUT2D eigenvalue weighted by atomic mass is 10.3. The predicted molar refractivity (Wildman–Crippen MR) is 37.5 cm³/mol. The lowest BCUT2D eigenvalue weighted by Crippen LogP contribution is -2.17. The Morgan fingerprint density at radius 1 is 1.70 bits per heavy atom. The molecule has 0 bridgehead atoms. The minimum Gasteiger partial charge on any atom is -0.460 e. The smallest absolute Gasteiger partial charge is 0.306 e. The van der Waals surface area contributed by atoms with E-state index in [4.69, 9.17) is 9.84 Å². The van der Waals surface area contributed by atoms with Crippen LogP contribution < -0.4 is 0 Å². The Kier molecular flexibility index (Phi) is 4.94. The van der Waals surface area contributed by atoms with E-state index in [-0.39, 0.29) is 18.7 Å². The van der Waals surface area contributed by atoms with Crippen LogP contribution >= 0.6 is 0 Å². The minimum atomic E-state index is -0.362. The van der Waals surface area contributed by atoms with Crippen molar-refractivity contribution in [3.05, 3.63) is 0 Å². The molecule has 0 spiro atoms. The van der Waals surface area contributed by atoms with Crippen molar-refractivity contribution < 1.29 is 14.6 Å². The highest BCUT2D eigenvalue weighted by Gasteiger charge is 2.05. The Balaban J connectivity index is 3.37. The summed E-state index contributed by atoms with van der Waals surface area (Å²) in [5.41, 5.74) is 0. The Labute approximate surface area is 61.0 Å². The van der Waals surface area contributed by atoms with Gasteiger partial charge < -0.3 is 9.84 Å². The first kappa shape index (κ1) is 9.43. The van der Waals surface area contributed by atoms with Gasteiger partial charge in [0.1, 0.15) is 6.10 Å². The molecule has 0 amide bonds. The number of esters is 1. The molecule has 0 rings (SSSR count). The summed E-state index contributed by atoms with van der Waals surface area (Å²) >= 11 is 0. The summed E-state index contributed by atoms with van der Waals surface area (Å²) in [6.07, 6.45) is 0.862. The first-order chi connectivity index (χ1) is 4.70. The molecule has 3 nitrogen and oxygen atoms in total. The maximum Gasteiger partial charge on any atom is 0.306 e. The number of rotatable bonds is 4. The number of aliphatic hydroxyl groups is 1. The number of hydrogen-bond donors (Lipinski definition) is 1. The summed E-state index contributed by atoms with van der Waals surface area (Å²) in [5, 5.41) is 8.47. The van der Waals surface area contributed by atoms with Gasteiger partial charge in [-0.3, -0.25) is 4.79 Å². The van der Waals surface area contributed by atoms with Crippen LogP contribution in [-0.4, -0.2) is 23.8 Å². The van der Waals surface area contributed by atoms with Crippen molar-refractivity contribution in [2.24, 2.45) is 0 Å². The third kappa shape index (κ3) is 4.32. The molecule has 0 radical (unpaired) electrons. The summed E-state index contributed by atoms with van der Waals surface area (Å²) in [4.78, 5) is 10.7. The van der Waals surface area contributed by atoms with Crippen LogP contribution in [0.4, 0.5) is 0 Å². The maximum absolute atomic E-state index is 10.7. The van der Waals surface area contributed by atoms with Gasteiger partial charge in [0.25, 0.3) is 0 Å². The van der Waals surface area contributed by atoms with Crippen LogP contribution in [0, 0.1) is 0 Å². The van der Waals surface area contributed by atoms with Crippen LogP contribution in [0.5, 0.6) is 0 Å². The van der Waals surface area contributed by atoms with Gasteiger partial charge >= 0.3 is 5.97 Å². The molecule has 0 aromatic heterocycles. The van der Waals surface area contributed by atoms with Crippen LogP contribution in [0.25, 0.3) is 0 Å².